The second kappa shape index (κ2) is 12.2. The van der Waals surface area contributed by atoms with Crippen LogP contribution >= 0.6 is 0 Å². The van der Waals surface area contributed by atoms with Crippen LogP contribution in [0, 0.1) is 23.4 Å². The first-order chi connectivity index (χ1) is 17.4. The van der Waals surface area contributed by atoms with E-state index in [0.717, 1.165) is 25.7 Å². The summed E-state index contributed by atoms with van der Waals surface area (Å²) in [5.74, 6) is -2.71. The van der Waals surface area contributed by atoms with Gasteiger partial charge in [0.2, 0.25) is 0 Å². The Labute approximate surface area is 211 Å². The highest BCUT2D eigenvalue weighted by Gasteiger charge is 2.32. The Hall–Kier alpha value is -2.38. The lowest BCUT2D eigenvalue weighted by Gasteiger charge is -2.30. The van der Waals surface area contributed by atoms with Crippen molar-refractivity contribution in [3.63, 3.8) is 0 Å². The Bertz CT molecular complexity index is 1040. The SMILES string of the molecule is CCOCc1ccc(OC(=O)C2CCC(c3ccc(C4CCC(OC)CC4)c(F)c3F)CC2)cc1F. The van der Waals surface area contributed by atoms with Gasteiger partial charge in [-0.15, -0.1) is 0 Å². The van der Waals surface area contributed by atoms with Crippen molar-refractivity contribution in [2.45, 2.75) is 82.8 Å². The Balaban J connectivity index is 1.33. The second-order valence-electron chi connectivity index (χ2n) is 9.94. The van der Waals surface area contributed by atoms with E-state index in [1.54, 1.807) is 31.4 Å². The molecule has 7 heteroatoms. The molecule has 4 nitrogen and oxygen atoms in total. The van der Waals surface area contributed by atoms with Crippen LogP contribution in [0.25, 0.3) is 0 Å². The molecule has 2 aliphatic carbocycles. The molecule has 0 saturated heterocycles. The lowest BCUT2D eigenvalue weighted by Crippen LogP contribution is -2.25. The highest BCUT2D eigenvalue weighted by Crippen LogP contribution is 2.41. The maximum atomic E-state index is 15.1. The summed E-state index contributed by atoms with van der Waals surface area (Å²) in [6.45, 7) is 2.47. The average molecular weight is 505 g/mol. The number of hydrogen-bond donors (Lipinski definition) is 0. The van der Waals surface area contributed by atoms with Gasteiger partial charge in [0.05, 0.1) is 18.6 Å². The zero-order valence-electron chi connectivity index (χ0n) is 21.0. The Morgan fingerprint density at radius 3 is 1.97 bits per heavy atom. The van der Waals surface area contributed by atoms with Crippen molar-refractivity contribution in [1.82, 2.24) is 0 Å². The molecule has 36 heavy (non-hydrogen) atoms. The van der Waals surface area contributed by atoms with Gasteiger partial charge in [0.25, 0.3) is 0 Å². The first kappa shape index (κ1) is 26.7. The Morgan fingerprint density at radius 2 is 1.44 bits per heavy atom. The van der Waals surface area contributed by atoms with Crippen molar-refractivity contribution >= 4 is 5.97 Å². The minimum atomic E-state index is -0.755. The van der Waals surface area contributed by atoms with Gasteiger partial charge in [-0.2, -0.15) is 0 Å². The van der Waals surface area contributed by atoms with Crippen LogP contribution in [0.5, 0.6) is 5.75 Å². The zero-order valence-corrected chi connectivity index (χ0v) is 21.0. The van der Waals surface area contributed by atoms with Crippen LogP contribution in [0.3, 0.4) is 0 Å². The number of rotatable bonds is 8. The third-order valence-corrected chi connectivity index (χ3v) is 7.79. The second-order valence-corrected chi connectivity index (χ2v) is 9.94. The van der Waals surface area contributed by atoms with Gasteiger partial charge < -0.3 is 14.2 Å². The first-order valence-electron chi connectivity index (χ1n) is 13.0. The predicted molar refractivity (Wildman–Crippen MR) is 130 cm³/mol. The van der Waals surface area contributed by atoms with E-state index in [1.165, 1.54) is 6.07 Å². The Kier molecular flexibility index (Phi) is 9.07. The topological polar surface area (TPSA) is 44.8 Å². The van der Waals surface area contributed by atoms with Gasteiger partial charge in [0.15, 0.2) is 11.6 Å². The normalized spacial score (nSPS) is 24.5. The van der Waals surface area contributed by atoms with Gasteiger partial charge >= 0.3 is 5.97 Å². The van der Waals surface area contributed by atoms with Crippen molar-refractivity contribution in [3.8, 4) is 5.75 Å². The summed E-state index contributed by atoms with van der Waals surface area (Å²) in [6.07, 6.45) is 5.65. The van der Waals surface area contributed by atoms with E-state index in [2.05, 4.69) is 0 Å². The third-order valence-electron chi connectivity index (χ3n) is 7.79. The molecule has 196 valence electrons. The summed E-state index contributed by atoms with van der Waals surface area (Å²) in [5, 5.41) is 0. The molecule has 2 aromatic rings. The fourth-order valence-electron chi connectivity index (χ4n) is 5.58. The predicted octanol–water partition coefficient (Wildman–Crippen LogP) is 7.19. The van der Waals surface area contributed by atoms with E-state index >= 15 is 8.78 Å². The summed E-state index contributed by atoms with van der Waals surface area (Å²) in [5.41, 5.74) is 1.25. The van der Waals surface area contributed by atoms with Crippen LogP contribution in [0.2, 0.25) is 0 Å². The number of methoxy groups -OCH3 is 1. The summed E-state index contributed by atoms with van der Waals surface area (Å²) in [7, 11) is 1.69. The van der Waals surface area contributed by atoms with E-state index in [9.17, 15) is 9.18 Å². The van der Waals surface area contributed by atoms with Crippen LogP contribution < -0.4 is 4.74 Å². The molecular formula is C29H35F3O4. The van der Waals surface area contributed by atoms with E-state index < -0.39 is 23.4 Å². The van der Waals surface area contributed by atoms with Gasteiger partial charge in [0, 0.05) is 25.3 Å². The summed E-state index contributed by atoms with van der Waals surface area (Å²) >= 11 is 0. The molecule has 4 rings (SSSR count). The Morgan fingerprint density at radius 1 is 0.861 bits per heavy atom. The number of esters is 1. The maximum Gasteiger partial charge on any atom is 0.314 e. The summed E-state index contributed by atoms with van der Waals surface area (Å²) in [4.78, 5) is 12.7. The van der Waals surface area contributed by atoms with Crippen LogP contribution in [-0.4, -0.2) is 25.8 Å². The minimum absolute atomic E-state index is 0.0172. The van der Waals surface area contributed by atoms with Crippen LogP contribution in [0.15, 0.2) is 30.3 Å². The zero-order chi connectivity index (χ0) is 25.7. The molecule has 0 heterocycles. The first-order valence-corrected chi connectivity index (χ1v) is 13.0. The average Bonchev–Trinajstić information content (AvgIpc) is 2.90. The molecular weight excluding hydrogens is 469 g/mol. The van der Waals surface area contributed by atoms with Crippen LogP contribution in [-0.2, 0) is 20.9 Å². The van der Waals surface area contributed by atoms with Gasteiger partial charge in [-0.1, -0.05) is 18.2 Å². The molecule has 0 aromatic heterocycles. The molecule has 0 atom stereocenters. The fraction of sp³-hybridized carbons (Fsp3) is 0.552. The molecule has 0 aliphatic heterocycles. The van der Waals surface area contributed by atoms with Crippen molar-refractivity contribution in [2.24, 2.45) is 5.92 Å². The van der Waals surface area contributed by atoms with E-state index in [0.29, 0.717) is 49.0 Å². The molecule has 0 radical (unpaired) electrons. The number of ether oxygens (including phenoxy) is 3. The van der Waals surface area contributed by atoms with Crippen LogP contribution in [0.1, 0.15) is 86.8 Å². The highest BCUT2D eigenvalue weighted by molar-refractivity contribution is 5.75. The van der Waals surface area contributed by atoms with E-state index in [-0.39, 0.29) is 36.2 Å². The van der Waals surface area contributed by atoms with Crippen molar-refractivity contribution in [1.29, 1.82) is 0 Å². The van der Waals surface area contributed by atoms with Crippen LogP contribution in [0.4, 0.5) is 13.2 Å². The van der Waals surface area contributed by atoms with E-state index in [1.807, 2.05) is 6.92 Å². The minimum Gasteiger partial charge on any atom is -0.426 e. The molecule has 2 aromatic carbocycles. The van der Waals surface area contributed by atoms with Gasteiger partial charge in [-0.05, 0) is 87.3 Å². The van der Waals surface area contributed by atoms with Gasteiger partial charge in [0.1, 0.15) is 11.6 Å². The monoisotopic (exact) mass is 504 g/mol. The number of benzene rings is 2. The lowest BCUT2D eigenvalue weighted by molar-refractivity contribution is -0.140. The molecule has 0 spiro atoms. The molecule has 2 aliphatic rings. The maximum absolute atomic E-state index is 15.1. The number of carbonyl (C=O) groups is 1. The molecule has 0 unspecified atom stereocenters. The summed E-state index contributed by atoms with van der Waals surface area (Å²) in [6, 6.07) is 7.78. The quantitative estimate of drug-likeness (QED) is 0.282. The standard InChI is InChI=1S/C29H35F3O4/c1-3-35-17-21-10-13-23(16-26(21)30)36-29(33)20-6-4-18(5-7-20)24-14-15-25(28(32)27(24)31)19-8-11-22(34-2)12-9-19/h10,13-16,18-20,22H,3-9,11-12,17H2,1-2H3. The largest absolute Gasteiger partial charge is 0.426 e. The third kappa shape index (κ3) is 6.12. The number of halogens is 3. The van der Waals surface area contributed by atoms with E-state index in [4.69, 9.17) is 14.2 Å². The lowest BCUT2D eigenvalue weighted by atomic mass is 9.77. The molecule has 2 fully saturated rings. The van der Waals surface area contributed by atoms with Gasteiger partial charge in [-0.25, -0.2) is 13.2 Å². The number of hydrogen-bond acceptors (Lipinski definition) is 4. The van der Waals surface area contributed by atoms with Crippen molar-refractivity contribution in [2.75, 3.05) is 13.7 Å². The molecule has 0 amide bonds. The molecule has 2 saturated carbocycles. The smallest absolute Gasteiger partial charge is 0.314 e. The van der Waals surface area contributed by atoms with Crippen molar-refractivity contribution in [3.05, 3.63) is 64.5 Å². The van der Waals surface area contributed by atoms with Gasteiger partial charge in [-0.3, -0.25) is 4.79 Å². The van der Waals surface area contributed by atoms with Crippen molar-refractivity contribution < 1.29 is 32.2 Å². The fourth-order valence-corrected chi connectivity index (χ4v) is 5.58. The molecule has 0 N–H and O–H groups in total. The molecule has 0 bridgehead atoms. The number of carbonyl (C=O) groups excluding carboxylic acids is 1. The summed E-state index contributed by atoms with van der Waals surface area (Å²) < 4.78 is 60.4. The highest BCUT2D eigenvalue weighted by atomic mass is 19.2.